The molecule has 1 unspecified atom stereocenters. The van der Waals surface area contributed by atoms with Crippen LogP contribution in [0.25, 0.3) is 0 Å². The Kier molecular flexibility index (Phi) is 16.2. The molecular formula is C56H74N8O8S2. The third-order valence-corrected chi connectivity index (χ3v) is 18.8. The van der Waals surface area contributed by atoms with Crippen molar-refractivity contribution >= 4 is 59.0 Å². The van der Waals surface area contributed by atoms with Crippen molar-refractivity contribution in [3.8, 4) is 0 Å². The number of fused-ring (bicyclic) bond motifs is 4. The summed E-state index contributed by atoms with van der Waals surface area (Å²) in [5, 5.41) is 18.1. The number of rotatable bonds is 16. The second-order valence-corrected chi connectivity index (χ2v) is 24.9. The highest BCUT2D eigenvalue weighted by Gasteiger charge is 2.57. The second-order valence-electron chi connectivity index (χ2n) is 22.3. The lowest BCUT2D eigenvalue weighted by Crippen LogP contribution is -2.58. The van der Waals surface area contributed by atoms with Crippen molar-refractivity contribution in [3.05, 3.63) is 106 Å². The molecule has 2 aliphatic carbocycles. The van der Waals surface area contributed by atoms with Crippen LogP contribution in [0.4, 0.5) is 0 Å². The number of hydrogen-bond donors (Lipinski definition) is 6. The first-order valence-electron chi connectivity index (χ1n) is 26.3. The highest BCUT2D eigenvalue weighted by Crippen LogP contribution is 2.49. The lowest BCUT2D eigenvalue weighted by molar-refractivity contribution is -0.144. The van der Waals surface area contributed by atoms with E-state index >= 15 is 0 Å². The predicted molar refractivity (Wildman–Crippen MR) is 286 cm³/mol. The first kappa shape index (κ1) is 53.8. The maximum atomic E-state index is 14.7. The molecule has 4 fully saturated rings. The summed E-state index contributed by atoms with van der Waals surface area (Å²) in [5.41, 5.74) is 5.08. The predicted octanol–water partition coefficient (Wildman–Crippen LogP) is 4.65. The molecule has 12 atom stereocenters. The Morgan fingerprint density at radius 3 is 1.35 bits per heavy atom. The number of thioether (sulfide) groups is 2. The summed E-state index contributed by atoms with van der Waals surface area (Å²) < 4.78 is 13.4. The van der Waals surface area contributed by atoms with Crippen molar-refractivity contribution in [1.82, 2.24) is 41.7 Å². The molecule has 3 aromatic carbocycles. The fourth-order valence-corrected chi connectivity index (χ4v) is 15.1. The molecule has 398 valence electrons. The molecule has 4 heterocycles. The largest absolute Gasteiger partial charge is 0.371 e. The van der Waals surface area contributed by atoms with E-state index in [0.717, 1.165) is 33.4 Å². The summed E-state index contributed by atoms with van der Waals surface area (Å²) in [6.45, 7) is 12.3. The minimum absolute atomic E-state index is 0.177. The van der Waals surface area contributed by atoms with Crippen LogP contribution in [0, 0.1) is 10.8 Å². The Labute approximate surface area is 444 Å². The minimum Gasteiger partial charge on any atom is -0.371 e. The summed E-state index contributed by atoms with van der Waals surface area (Å²) >= 11 is 3.35. The molecule has 16 nitrogen and oxygen atoms in total. The van der Waals surface area contributed by atoms with Gasteiger partial charge in [0.1, 0.15) is 24.2 Å². The summed E-state index contributed by atoms with van der Waals surface area (Å²) in [7, 11) is 3.41. The van der Waals surface area contributed by atoms with Crippen molar-refractivity contribution in [2.24, 2.45) is 10.8 Å². The molecule has 18 heteroatoms. The van der Waals surface area contributed by atoms with Gasteiger partial charge in [-0.05, 0) is 109 Å². The lowest BCUT2D eigenvalue weighted by atomic mass is 9.83. The number of ether oxygens (including phenoxy) is 2. The van der Waals surface area contributed by atoms with E-state index in [0.29, 0.717) is 63.2 Å². The van der Waals surface area contributed by atoms with Gasteiger partial charge in [0.05, 0.1) is 60.3 Å². The quantitative estimate of drug-likeness (QED) is 0.116. The van der Waals surface area contributed by atoms with E-state index in [4.69, 9.17) is 9.47 Å². The van der Waals surface area contributed by atoms with Crippen molar-refractivity contribution in [3.63, 3.8) is 0 Å². The van der Waals surface area contributed by atoms with Gasteiger partial charge in [-0.25, -0.2) is 0 Å². The van der Waals surface area contributed by atoms with Gasteiger partial charge >= 0.3 is 0 Å². The van der Waals surface area contributed by atoms with Crippen LogP contribution in [0.1, 0.15) is 113 Å². The van der Waals surface area contributed by atoms with Gasteiger partial charge in [-0.1, -0.05) is 100 Å². The molecule has 6 aliphatic rings. The van der Waals surface area contributed by atoms with Crippen LogP contribution < -0.4 is 31.9 Å². The normalized spacial score (nSPS) is 29.5. The Bertz CT molecular complexity index is 2420. The van der Waals surface area contributed by atoms with Crippen LogP contribution in [-0.4, -0.2) is 130 Å². The highest BCUT2D eigenvalue weighted by atomic mass is 32.2. The summed E-state index contributed by atoms with van der Waals surface area (Å²) in [5.74, 6) is -0.0156. The van der Waals surface area contributed by atoms with E-state index in [1.807, 2.05) is 88.4 Å². The van der Waals surface area contributed by atoms with Crippen molar-refractivity contribution < 1.29 is 38.2 Å². The Balaban J connectivity index is 0.841. The Morgan fingerprint density at radius 1 is 0.595 bits per heavy atom. The first-order chi connectivity index (χ1) is 35.4. The summed E-state index contributed by atoms with van der Waals surface area (Å²) in [6.07, 6.45) is 2.82. The van der Waals surface area contributed by atoms with Gasteiger partial charge in [0.15, 0.2) is 0 Å². The molecule has 6 amide bonds. The van der Waals surface area contributed by atoms with Crippen LogP contribution >= 0.6 is 23.5 Å². The molecular weight excluding hydrogens is 977 g/mol. The maximum absolute atomic E-state index is 14.7. The Morgan fingerprint density at radius 2 is 0.973 bits per heavy atom. The standard InChI is InChI=1S/C56H74N8O8S2/c1-31(57-7)49(65)59-39-21-23-73-43-27-55(3,4)47(63(43)53(39)69)51(67)61-45-37-15-11-9-13-35(37)25-41(45)71-29-33-17-19-34(20-18-33)30-72-42-26-36-14-10-12-16-38(36)46(42)62-52(68)48-56(5,6)28-44-64(48)54(70)40(22-24-74-44)60-50(66)32(2)58-8/h9-20,31-32,39-48,57-58H,21-30H2,1-8H3,(H,59,65)(H,60,66)(H,61,67)(H,62,68)/t31-,32-,39-,40-,41+,42+,43-,44-,45-,46?,47+,48+/m0/s1. The van der Waals surface area contributed by atoms with Crippen LogP contribution in [-0.2, 0) is 64.3 Å². The molecule has 4 aliphatic heterocycles. The SMILES string of the molecule is CN[C@@H](C)C(=O)N[C@H]1CCS[C@H]2CC(C)(C)[C@@H](C(=O)NC3c4ccccc4C[C@H]3OCc3ccc(CO[C@@H]4Cc5ccccc5[C@@H]4NC(=O)[C@H]4N5C(=O)[C@@H](NC(=O)[C@H](C)NC)CCS[C@H]5CC4(C)C)cc3)N2C1=O. The number of nitrogens with one attached hydrogen (secondary N) is 6. The zero-order chi connectivity index (χ0) is 52.6. The highest BCUT2D eigenvalue weighted by molar-refractivity contribution is 8.00. The third kappa shape index (κ3) is 11.0. The summed E-state index contributed by atoms with van der Waals surface area (Å²) in [4.78, 5) is 87.2. The summed E-state index contributed by atoms with van der Waals surface area (Å²) in [6, 6.07) is 19.5. The number of carbonyl (C=O) groups is 6. The molecule has 0 bridgehead atoms. The van der Waals surface area contributed by atoms with Crippen molar-refractivity contribution in [1.29, 1.82) is 0 Å². The molecule has 0 radical (unpaired) electrons. The van der Waals surface area contributed by atoms with Crippen molar-refractivity contribution in [2.45, 2.75) is 165 Å². The zero-order valence-electron chi connectivity index (χ0n) is 43.9. The van der Waals surface area contributed by atoms with E-state index in [1.165, 1.54) is 0 Å². The van der Waals surface area contributed by atoms with Gasteiger partial charge in [0.25, 0.3) is 0 Å². The van der Waals surface area contributed by atoms with Crippen molar-refractivity contribution in [2.75, 3.05) is 25.6 Å². The molecule has 6 N–H and O–H groups in total. The number of hydrogen-bond acceptors (Lipinski definition) is 12. The van der Waals surface area contributed by atoms with Gasteiger partial charge in [-0.2, -0.15) is 0 Å². The van der Waals surface area contributed by atoms with Gasteiger partial charge in [0, 0.05) is 12.8 Å². The van der Waals surface area contributed by atoms with Crippen LogP contribution in [0.3, 0.4) is 0 Å². The number of carbonyl (C=O) groups excluding carboxylic acids is 6. The number of amides is 6. The lowest BCUT2D eigenvalue weighted by Gasteiger charge is -2.35. The second kappa shape index (κ2) is 22.3. The van der Waals surface area contributed by atoms with Gasteiger partial charge < -0.3 is 51.2 Å². The van der Waals surface area contributed by atoms with E-state index in [9.17, 15) is 28.8 Å². The number of nitrogens with zero attached hydrogens (tertiary/aromatic N) is 2. The topological polar surface area (TPSA) is 200 Å². The van der Waals surface area contributed by atoms with Crippen LogP contribution in [0.15, 0.2) is 72.8 Å². The van der Waals surface area contributed by atoms with Gasteiger partial charge in [-0.3, -0.25) is 28.8 Å². The van der Waals surface area contributed by atoms with E-state index < -0.39 is 59.2 Å². The first-order valence-corrected chi connectivity index (χ1v) is 28.4. The molecule has 9 rings (SSSR count). The molecule has 0 saturated carbocycles. The van der Waals surface area contributed by atoms with Gasteiger partial charge in [-0.15, -0.1) is 23.5 Å². The van der Waals surface area contributed by atoms with E-state index in [-0.39, 0.29) is 58.4 Å². The van der Waals surface area contributed by atoms with Crippen LogP contribution in [0.5, 0.6) is 0 Å². The van der Waals surface area contributed by atoms with Gasteiger partial charge in [0.2, 0.25) is 35.4 Å². The molecule has 4 saturated heterocycles. The fraction of sp³-hybridized carbons (Fsp3) is 0.571. The fourth-order valence-electron chi connectivity index (χ4n) is 11.9. The molecule has 74 heavy (non-hydrogen) atoms. The number of likely N-dealkylation sites (N-methyl/N-ethyl adjacent to an activating group) is 2. The molecule has 0 aromatic heterocycles. The monoisotopic (exact) mass is 1050 g/mol. The van der Waals surface area contributed by atoms with Crippen LogP contribution in [0.2, 0.25) is 0 Å². The van der Waals surface area contributed by atoms with E-state index in [1.54, 1.807) is 61.3 Å². The third-order valence-electron chi connectivity index (χ3n) is 16.3. The zero-order valence-corrected chi connectivity index (χ0v) is 45.5. The average molecular weight is 1050 g/mol. The minimum atomic E-state index is -0.738. The maximum Gasteiger partial charge on any atom is 0.246 e. The molecule has 0 spiro atoms. The average Bonchev–Trinajstić information content (AvgIpc) is 4.03. The molecule has 3 aromatic rings. The Hall–Kier alpha value is -4.98. The van der Waals surface area contributed by atoms with E-state index in [2.05, 4.69) is 44.0 Å². The number of benzene rings is 3. The smallest absolute Gasteiger partial charge is 0.246 e.